The van der Waals surface area contributed by atoms with Crippen molar-refractivity contribution >= 4 is 34.9 Å². The molecular weight excluding hydrogens is 309 g/mol. The van der Waals surface area contributed by atoms with Crippen molar-refractivity contribution in [1.82, 2.24) is 5.32 Å². The Labute approximate surface area is 134 Å². The van der Waals surface area contributed by atoms with Crippen LogP contribution in [0.3, 0.4) is 0 Å². The number of hydrogen-bond donors (Lipinski definition) is 2. The molecule has 0 aromatic heterocycles. The van der Waals surface area contributed by atoms with E-state index in [2.05, 4.69) is 16.7 Å². The number of carbonyl (C=O) groups excluding carboxylic acids is 1. The van der Waals surface area contributed by atoms with Gasteiger partial charge in [0.15, 0.2) is 0 Å². The van der Waals surface area contributed by atoms with Crippen LogP contribution in [0.4, 0.5) is 10.5 Å². The van der Waals surface area contributed by atoms with Gasteiger partial charge < -0.3 is 10.6 Å². The van der Waals surface area contributed by atoms with Crippen LogP contribution in [0.2, 0.25) is 10.0 Å². The molecule has 0 atom stereocenters. The Morgan fingerprint density at radius 2 is 1.81 bits per heavy atom. The second kappa shape index (κ2) is 7.02. The van der Waals surface area contributed by atoms with Gasteiger partial charge in [-0.2, -0.15) is 5.26 Å². The Bertz CT molecular complexity index is 561. The molecule has 0 saturated heterocycles. The monoisotopic (exact) mass is 325 g/mol. The van der Waals surface area contributed by atoms with Gasteiger partial charge in [-0.15, -0.1) is 0 Å². The maximum Gasteiger partial charge on any atom is 0.320 e. The van der Waals surface area contributed by atoms with Crippen molar-refractivity contribution in [2.75, 3.05) is 5.32 Å². The van der Waals surface area contributed by atoms with Crippen molar-refractivity contribution in [1.29, 1.82) is 5.26 Å². The fraction of sp³-hybridized carbons (Fsp3) is 0.467. The largest absolute Gasteiger partial charge is 0.320 e. The second-order valence-corrected chi connectivity index (χ2v) is 6.13. The van der Waals surface area contributed by atoms with Gasteiger partial charge >= 0.3 is 6.03 Å². The Morgan fingerprint density at radius 1 is 1.14 bits per heavy atom. The summed E-state index contributed by atoms with van der Waals surface area (Å²) in [6.45, 7) is 0. The number of halogens is 2. The third kappa shape index (κ3) is 4.26. The summed E-state index contributed by atoms with van der Waals surface area (Å²) in [6, 6.07) is 6.75. The number of anilines is 1. The van der Waals surface area contributed by atoms with Crippen LogP contribution in [-0.4, -0.2) is 11.6 Å². The van der Waals surface area contributed by atoms with Gasteiger partial charge in [-0.05, 0) is 31.0 Å². The number of nitrogens with zero attached hydrogens (tertiary/aromatic N) is 1. The highest BCUT2D eigenvalue weighted by Gasteiger charge is 2.32. The van der Waals surface area contributed by atoms with Crippen LogP contribution in [0, 0.1) is 11.3 Å². The average Bonchev–Trinajstić information content (AvgIpc) is 2.69. The topological polar surface area (TPSA) is 64.9 Å². The number of rotatable bonds is 2. The highest BCUT2D eigenvalue weighted by atomic mass is 35.5. The van der Waals surface area contributed by atoms with Gasteiger partial charge in [0, 0.05) is 5.69 Å². The highest BCUT2D eigenvalue weighted by molar-refractivity contribution is 6.42. The predicted octanol–water partition coefficient (Wildman–Crippen LogP) is 4.73. The second-order valence-electron chi connectivity index (χ2n) is 5.32. The van der Waals surface area contributed by atoms with Crippen LogP contribution >= 0.6 is 23.2 Å². The zero-order chi connectivity index (χ0) is 15.3. The lowest BCUT2D eigenvalue weighted by Crippen LogP contribution is -2.48. The average molecular weight is 326 g/mol. The van der Waals surface area contributed by atoms with E-state index in [0.29, 0.717) is 28.6 Å². The normalized spacial score (nSPS) is 17.4. The molecule has 2 rings (SSSR count). The number of urea groups is 1. The van der Waals surface area contributed by atoms with Gasteiger partial charge in [-0.3, -0.25) is 0 Å². The van der Waals surface area contributed by atoms with E-state index in [0.717, 1.165) is 25.7 Å². The number of hydrogen-bond acceptors (Lipinski definition) is 2. The first-order valence-electron chi connectivity index (χ1n) is 7.00. The lowest BCUT2D eigenvalue weighted by atomic mass is 9.92. The number of nitrogens with one attached hydrogen (secondary N) is 2. The molecule has 0 radical (unpaired) electrons. The number of nitriles is 1. The summed E-state index contributed by atoms with van der Waals surface area (Å²) in [7, 11) is 0. The third-order valence-electron chi connectivity index (χ3n) is 3.70. The Kier molecular flexibility index (Phi) is 5.33. The summed E-state index contributed by atoms with van der Waals surface area (Å²) in [4.78, 5) is 12.1. The first-order valence-corrected chi connectivity index (χ1v) is 7.76. The summed E-state index contributed by atoms with van der Waals surface area (Å²) in [5.74, 6) is 0. The Balaban J connectivity index is 2.02. The minimum Gasteiger partial charge on any atom is -0.319 e. The third-order valence-corrected chi connectivity index (χ3v) is 4.44. The van der Waals surface area contributed by atoms with Crippen molar-refractivity contribution in [2.24, 2.45) is 0 Å². The maximum atomic E-state index is 12.1. The van der Waals surface area contributed by atoms with E-state index in [4.69, 9.17) is 23.2 Å². The van der Waals surface area contributed by atoms with Gasteiger partial charge in [-0.1, -0.05) is 48.9 Å². The standard InChI is InChI=1S/C15H17Cl2N3O/c16-12-6-5-11(9-13(12)17)19-14(21)20-15(10-18)7-3-1-2-4-8-15/h5-6,9H,1-4,7-8H2,(H2,19,20,21). The molecule has 1 fully saturated rings. The van der Waals surface area contributed by atoms with Gasteiger partial charge in [0.05, 0.1) is 16.1 Å². The molecule has 2 amide bonds. The molecule has 0 unspecified atom stereocenters. The SMILES string of the molecule is N#CC1(NC(=O)Nc2ccc(Cl)c(Cl)c2)CCCCCC1. The molecule has 1 aromatic carbocycles. The van der Waals surface area contributed by atoms with Crippen molar-refractivity contribution in [3.63, 3.8) is 0 Å². The van der Waals surface area contributed by atoms with Crippen molar-refractivity contribution < 1.29 is 4.79 Å². The van der Waals surface area contributed by atoms with Gasteiger partial charge in [0.1, 0.15) is 5.54 Å². The molecule has 1 aromatic rings. The molecule has 0 heterocycles. The van der Waals surface area contributed by atoms with E-state index in [-0.39, 0.29) is 0 Å². The van der Waals surface area contributed by atoms with E-state index in [9.17, 15) is 10.1 Å². The molecule has 2 N–H and O–H groups in total. The summed E-state index contributed by atoms with van der Waals surface area (Å²) in [6.07, 6.45) is 5.52. The van der Waals surface area contributed by atoms with Crippen LogP contribution in [0.5, 0.6) is 0 Å². The molecule has 1 saturated carbocycles. The van der Waals surface area contributed by atoms with Gasteiger partial charge in [-0.25, -0.2) is 4.79 Å². The Hall–Kier alpha value is -1.44. The zero-order valence-electron chi connectivity index (χ0n) is 11.6. The molecule has 1 aliphatic carbocycles. The zero-order valence-corrected chi connectivity index (χ0v) is 13.1. The Morgan fingerprint density at radius 3 is 2.38 bits per heavy atom. The predicted molar refractivity (Wildman–Crippen MR) is 84.7 cm³/mol. The summed E-state index contributed by atoms with van der Waals surface area (Å²) in [5, 5.41) is 15.7. The van der Waals surface area contributed by atoms with E-state index >= 15 is 0 Å². The summed E-state index contributed by atoms with van der Waals surface area (Å²) < 4.78 is 0. The molecular formula is C15H17Cl2N3O. The first kappa shape index (κ1) is 15.9. The molecule has 4 nitrogen and oxygen atoms in total. The van der Waals surface area contributed by atoms with Crippen LogP contribution in [0.25, 0.3) is 0 Å². The van der Waals surface area contributed by atoms with Crippen LogP contribution < -0.4 is 10.6 Å². The van der Waals surface area contributed by atoms with E-state index in [1.54, 1.807) is 18.2 Å². The minimum atomic E-state index is -0.767. The molecule has 6 heteroatoms. The van der Waals surface area contributed by atoms with E-state index < -0.39 is 11.6 Å². The summed E-state index contributed by atoms with van der Waals surface area (Å²) in [5.41, 5.74) is -0.222. The fourth-order valence-electron chi connectivity index (χ4n) is 2.55. The lowest BCUT2D eigenvalue weighted by molar-refractivity contribution is 0.240. The molecule has 1 aliphatic rings. The lowest BCUT2D eigenvalue weighted by Gasteiger charge is -2.26. The van der Waals surface area contributed by atoms with Crippen LogP contribution in [0.15, 0.2) is 18.2 Å². The van der Waals surface area contributed by atoms with Gasteiger partial charge in [0.2, 0.25) is 0 Å². The van der Waals surface area contributed by atoms with E-state index in [1.165, 1.54) is 0 Å². The number of carbonyl (C=O) groups is 1. The van der Waals surface area contributed by atoms with Crippen LogP contribution in [-0.2, 0) is 0 Å². The molecule has 0 aliphatic heterocycles. The van der Waals surface area contributed by atoms with E-state index in [1.807, 2.05) is 0 Å². The quantitative estimate of drug-likeness (QED) is 0.772. The molecule has 0 bridgehead atoms. The molecule has 0 spiro atoms. The first-order chi connectivity index (χ1) is 10.0. The fourth-order valence-corrected chi connectivity index (χ4v) is 2.85. The minimum absolute atomic E-state index is 0.374. The number of benzene rings is 1. The van der Waals surface area contributed by atoms with Crippen molar-refractivity contribution in [3.05, 3.63) is 28.2 Å². The smallest absolute Gasteiger partial charge is 0.319 e. The van der Waals surface area contributed by atoms with Crippen molar-refractivity contribution in [2.45, 2.75) is 44.1 Å². The number of amides is 2. The van der Waals surface area contributed by atoms with Crippen LogP contribution in [0.1, 0.15) is 38.5 Å². The highest BCUT2D eigenvalue weighted by Crippen LogP contribution is 2.27. The summed E-state index contributed by atoms with van der Waals surface area (Å²) >= 11 is 11.7. The maximum absolute atomic E-state index is 12.1. The molecule has 21 heavy (non-hydrogen) atoms. The van der Waals surface area contributed by atoms with Gasteiger partial charge in [0.25, 0.3) is 0 Å². The molecule has 112 valence electrons. The van der Waals surface area contributed by atoms with Crippen molar-refractivity contribution in [3.8, 4) is 6.07 Å².